The number of benzene rings is 2. The van der Waals surface area contributed by atoms with E-state index in [1.165, 1.54) is 24.2 Å². The lowest BCUT2D eigenvalue weighted by atomic mass is 9.96. The first-order valence-electron chi connectivity index (χ1n) is 12.9. The summed E-state index contributed by atoms with van der Waals surface area (Å²) >= 11 is 1.52. The molecule has 5 rings (SSSR count). The highest BCUT2D eigenvalue weighted by Gasteiger charge is 2.28. The Labute approximate surface area is 210 Å². The van der Waals surface area contributed by atoms with Gasteiger partial charge in [0, 0.05) is 18.5 Å². The van der Waals surface area contributed by atoms with Crippen LogP contribution in [0.25, 0.3) is 31.8 Å². The Bertz CT molecular complexity index is 1400. The van der Waals surface area contributed by atoms with Gasteiger partial charge in [-0.2, -0.15) is 0 Å². The first-order valence-corrected chi connectivity index (χ1v) is 13.7. The highest BCUT2D eigenvalue weighted by atomic mass is 32.1. The summed E-state index contributed by atoms with van der Waals surface area (Å²) in [6.07, 6.45) is 5.30. The van der Waals surface area contributed by atoms with Gasteiger partial charge in [-0.05, 0) is 56.0 Å². The number of fused-ring (bicyclic) bond motifs is 2. The van der Waals surface area contributed by atoms with Gasteiger partial charge >= 0.3 is 0 Å². The van der Waals surface area contributed by atoms with E-state index in [2.05, 4.69) is 11.8 Å². The Balaban J connectivity index is 1.76. The molecule has 1 fully saturated rings. The number of hydrogen-bond donors (Lipinski definition) is 1. The number of nitrogens with zero attached hydrogens (tertiary/aromatic N) is 2. The summed E-state index contributed by atoms with van der Waals surface area (Å²) in [6, 6.07) is 10.3. The van der Waals surface area contributed by atoms with Gasteiger partial charge in [-0.25, -0.2) is 4.98 Å². The SMILES string of the molecule is CCc1cc2c(=O)c(-c3nc4ccccc4s3)c(C(C)C)oc2c(CN2CCCCC2CC)c1O. The molecule has 3 heterocycles. The molecular weight excluding hydrogens is 456 g/mol. The molecule has 184 valence electrons. The van der Waals surface area contributed by atoms with Crippen molar-refractivity contribution in [3.63, 3.8) is 0 Å². The Hall–Kier alpha value is -2.70. The molecule has 1 unspecified atom stereocenters. The molecule has 1 aliphatic rings. The maximum absolute atomic E-state index is 14.1. The topological polar surface area (TPSA) is 66.6 Å². The lowest BCUT2D eigenvalue weighted by molar-refractivity contribution is 0.135. The van der Waals surface area contributed by atoms with E-state index < -0.39 is 0 Å². The van der Waals surface area contributed by atoms with Crippen LogP contribution < -0.4 is 5.43 Å². The normalized spacial score (nSPS) is 17.1. The first kappa shape index (κ1) is 24.0. The van der Waals surface area contributed by atoms with Crippen molar-refractivity contribution in [1.82, 2.24) is 9.88 Å². The van der Waals surface area contributed by atoms with E-state index in [1.54, 1.807) is 0 Å². The minimum absolute atomic E-state index is 0.00617. The quantitative estimate of drug-likeness (QED) is 0.309. The number of hydrogen-bond acceptors (Lipinski definition) is 6. The second kappa shape index (κ2) is 9.75. The molecule has 0 radical (unpaired) electrons. The van der Waals surface area contributed by atoms with Crippen LogP contribution >= 0.6 is 11.3 Å². The number of aromatic hydroxyl groups is 1. The largest absolute Gasteiger partial charge is 0.507 e. The third-order valence-corrected chi connectivity index (χ3v) is 8.41. The number of thiazole rings is 1. The van der Waals surface area contributed by atoms with Gasteiger partial charge in [-0.15, -0.1) is 11.3 Å². The fraction of sp³-hybridized carbons (Fsp3) is 0.448. The molecule has 2 aromatic carbocycles. The molecule has 0 saturated carbocycles. The molecule has 0 spiro atoms. The highest BCUT2D eigenvalue weighted by Crippen LogP contribution is 2.39. The summed E-state index contributed by atoms with van der Waals surface area (Å²) in [4.78, 5) is 21.3. The van der Waals surface area contributed by atoms with Crippen LogP contribution in [0.2, 0.25) is 0 Å². The molecule has 0 aliphatic carbocycles. The molecule has 35 heavy (non-hydrogen) atoms. The molecule has 0 amide bonds. The van der Waals surface area contributed by atoms with Gasteiger partial charge in [0.15, 0.2) is 0 Å². The number of rotatable bonds is 6. The molecule has 1 atom stereocenters. The fourth-order valence-corrected chi connectivity index (χ4v) is 6.42. The minimum Gasteiger partial charge on any atom is -0.507 e. The number of phenols is 1. The van der Waals surface area contributed by atoms with Crippen LogP contribution in [-0.4, -0.2) is 27.6 Å². The molecule has 0 bridgehead atoms. The number of phenolic OH excluding ortho intramolecular Hbond substituents is 1. The second-order valence-corrected chi connectivity index (χ2v) is 11.0. The summed E-state index contributed by atoms with van der Waals surface area (Å²) in [5.74, 6) is 0.900. The molecule has 5 nitrogen and oxygen atoms in total. The van der Waals surface area contributed by atoms with Crippen LogP contribution in [0, 0.1) is 0 Å². The molecule has 1 N–H and O–H groups in total. The van der Waals surface area contributed by atoms with Crippen molar-refractivity contribution >= 4 is 32.5 Å². The smallest absolute Gasteiger partial charge is 0.203 e. The zero-order valence-electron chi connectivity index (χ0n) is 21.1. The van der Waals surface area contributed by atoms with E-state index in [4.69, 9.17) is 9.40 Å². The lowest BCUT2D eigenvalue weighted by Crippen LogP contribution is -2.38. The van der Waals surface area contributed by atoms with Gasteiger partial charge in [0.05, 0.1) is 26.7 Å². The monoisotopic (exact) mass is 490 g/mol. The Morgan fingerprint density at radius 2 is 2.03 bits per heavy atom. The zero-order valence-corrected chi connectivity index (χ0v) is 21.9. The highest BCUT2D eigenvalue weighted by molar-refractivity contribution is 7.21. The molecule has 2 aromatic heterocycles. The van der Waals surface area contributed by atoms with E-state index in [0.717, 1.165) is 40.7 Å². The van der Waals surface area contributed by atoms with E-state index >= 15 is 0 Å². The number of para-hydroxylation sites is 1. The van der Waals surface area contributed by atoms with Crippen LogP contribution in [0.15, 0.2) is 39.5 Å². The van der Waals surface area contributed by atoms with Gasteiger partial charge in [0.25, 0.3) is 0 Å². The number of aromatic nitrogens is 1. The van der Waals surface area contributed by atoms with Crippen molar-refractivity contribution < 1.29 is 9.52 Å². The van der Waals surface area contributed by atoms with Crippen LogP contribution in [-0.2, 0) is 13.0 Å². The average Bonchev–Trinajstić information content (AvgIpc) is 3.29. The summed E-state index contributed by atoms with van der Waals surface area (Å²) < 4.78 is 7.64. The molecule has 4 aromatic rings. The van der Waals surface area contributed by atoms with Crippen molar-refractivity contribution in [3.8, 4) is 16.3 Å². The van der Waals surface area contributed by atoms with Gasteiger partial charge in [-0.1, -0.05) is 46.2 Å². The van der Waals surface area contributed by atoms with Crippen molar-refractivity contribution in [1.29, 1.82) is 0 Å². The van der Waals surface area contributed by atoms with Gasteiger partial charge in [-0.3, -0.25) is 9.69 Å². The van der Waals surface area contributed by atoms with E-state index in [9.17, 15) is 9.90 Å². The van der Waals surface area contributed by atoms with E-state index in [0.29, 0.717) is 46.3 Å². The molecule has 1 aliphatic heterocycles. The minimum atomic E-state index is -0.0596. The Morgan fingerprint density at radius 1 is 1.23 bits per heavy atom. The second-order valence-electron chi connectivity index (χ2n) is 9.93. The average molecular weight is 491 g/mol. The van der Waals surface area contributed by atoms with Crippen LogP contribution in [0.3, 0.4) is 0 Å². The number of piperidine rings is 1. The predicted octanol–water partition coefficient (Wildman–Crippen LogP) is 7.23. The van der Waals surface area contributed by atoms with Gasteiger partial charge in [0.2, 0.25) is 5.43 Å². The van der Waals surface area contributed by atoms with E-state index in [-0.39, 0.29) is 17.1 Å². The van der Waals surface area contributed by atoms with Crippen LogP contribution in [0.5, 0.6) is 5.75 Å². The van der Waals surface area contributed by atoms with E-state index in [1.807, 2.05) is 51.1 Å². The summed E-state index contributed by atoms with van der Waals surface area (Å²) in [7, 11) is 0. The Kier molecular flexibility index (Phi) is 6.69. The molecule has 6 heteroatoms. The maximum Gasteiger partial charge on any atom is 0.203 e. The van der Waals surface area contributed by atoms with Crippen molar-refractivity contribution in [2.24, 2.45) is 0 Å². The van der Waals surface area contributed by atoms with Crippen molar-refractivity contribution in [2.75, 3.05) is 6.54 Å². The van der Waals surface area contributed by atoms with Crippen LogP contribution in [0.4, 0.5) is 0 Å². The lowest BCUT2D eigenvalue weighted by Gasteiger charge is -2.35. The summed E-state index contributed by atoms with van der Waals surface area (Å²) in [6.45, 7) is 9.91. The Morgan fingerprint density at radius 3 is 2.74 bits per heavy atom. The van der Waals surface area contributed by atoms with Gasteiger partial charge in [0.1, 0.15) is 22.1 Å². The number of aryl methyl sites for hydroxylation is 1. The fourth-order valence-electron chi connectivity index (χ4n) is 5.40. The standard InChI is InChI=1S/C29H34N2O3S/c1-5-18-15-20-26(33)24(29-30-22-12-7-8-13-23(22)35-29)27(17(3)4)34-28(20)21(25(18)32)16-31-14-10-9-11-19(31)6-2/h7-8,12-13,15,17,19,32H,5-6,9-11,14,16H2,1-4H3. The number of likely N-dealkylation sites (tertiary alicyclic amines) is 1. The van der Waals surface area contributed by atoms with Gasteiger partial charge < -0.3 is 9.52 Å². The zero-order chi connectivity index (χ0) is 24.7. The molecular formula is C29H34N2O3S. The predicted molar refractivity (Wildman–Crippen MR) is 145 cm³/mol. The van der Waals surface area contributed by atoms with Crippen molar-refractivity contribution in [3.05, 3.63) is 57.4 Å². The van der Waals surface area contributed by atoms with Crippen LogP contribution in [0.1, 0.15) is 76.2 Å². The maximum atomic E-state index is 14.1. The molecule has 1 saturated heterocycles. The van der Waals surface area contributed by atoms with Crippen molar-refractivity contribution in [2.45, 2.75) is 78.3 Å². The third kappa shape index (κ3) is 4.27. The summed E-state index contributed by atoms with van der Waals surface area (Å²) in [5, 5.41) is 12.5. The third-order valence-electron chi connectivity index (χ3n) is 7.35. The first-order chi connectivity index (χ1) is 16.9. The summed E-state index contributed by atoms with van der Waals surface area (Å²) in [5.41, 5.74) is 3.44.